The largest absolute Gasteiger partial charge is 0.479 e. The van der Waals surface area contributed by atoms with Crippen molar-refractivity contribution in [1.82, 2.24) is 0 Å². The van der Waals surface area contributed by atoms with Crippen LogP contribution in [-0.2, 0) is 24.2 Å². The van der Waals surface area contributed by atoms with Crippen molar-refractivity contribution in [3.63, 3.8) is 0 Å². The Bertz CT molecular complexity index is 1010. The lowest BCUT2D eigenvalue weighted by Crippen LogP contribution is -2.29. The molecule has 0 heterocycles. The first-order chi connectivity index (χ1) is 13.2. The van der Waals surface area contributed by atoms with Crippen LogP contribution in [-0.4, -0.2) is 39.3 Å². The zero-order chi connectivity index (χ0) is 20.7. The Labute approximate surface area is 162 Å². The highest BCUT2D eigenvalue weighted by Crippen LogP contribution is 2.16. The fourth-order valence-corrected chi connectivity index (χ4v) is 2.78. The van der Waals surface area contributed by atoms with Crippen molar-refractivity contribution >= 4 is 27.4 Å². The van der Waals surface area contributed by atoms with Crippen molar-refractivity contribution < 1.29 is 27.5 Å². The van der Waals surface area contributed by atoms with Gasteiger partial charge in [0.15, 0.2) is 22.5 Å². The van der Waals surface area contributed by atoms with Gasteiger partial charge in [0.25, 0.3) is 5.91 Å². The maximum Gasteiger partial charge on any atom is 0.347 e. The molecule has 146 valence electrons. The number of ether oxygens (including phenoxy) is 2. The van der Waals surface area contributed by atoms with Crippen LogP contribution in [0, 0.1) is 11.3 Å². The van der Waals surface area contributed by atoms with Crippen molar-refractivity contribution in [2.24, 2.45) is 0 Å². The number of benzene rings is 2. The molecular formula is C19H18N2O6S. The van der Waals surface area contributed by atoms with Crippen molar-refractivity contribution in [2.75, 3.05) is 18.2 Å². The van der Waals surface area contributed by atoms with E-state index in [0.717, 1.165) is 6.26 Å². The molecule has 0 saturated carbocycles. The summed E-state index contributed by atoms with van der Waals surface area (Å²) in [5.41, 5.74) is 0.727. The molecule has 0 saturated heterocycles. The smallest absolute Gasteiger partial charge is 0.347 e. The molecule has 0 radical (unpaired) electrons. The Kier molecular flexibility index (Phi) is 6.74. The summed E-state index contributed by atoms with van der Waals surface area (Å²) in [6.07, 6.45) is 0.0969. The number of nitriles is 1. The van der Waals surface area contributed by atoms with E-state index in [1.165, 1.54) is 31.2 Å². The van der Waals surface area contributed by atoms with Crippen LogP contribution in [0.2, 0.25) is 0 Å². The number of carbonyl (C=O) groups is 2. The van der Waals surface area contributed by atoms with Crippen molar-refractivity contribution in [3.8, 4) is 11.8 Å². The lowest BCUT2D eigenvalue weighted by Gasteiger charge is -2.14. The van der Waals surface area contributed by atoms with Crippen molar-refractivity contribution in [2.45, 2.75) is 17.9 Å². The fourth-order valence-electron chi connectivity index (χ4n) is 2.12. The second-order valence-electron chi connectivity index (χ2n) is 5.85. The van der Waals surface area contributed by atoms with E-state index in [1.807, 2.05) is 6.07 Å². The second kappa shape index (κ2) is 9.01. The van der Waals surface area contributed by atoms with Crippen LogP contribution in [0.3, 0.4) is 0 Å². The SMILES string of the molecule is C[C@H](Oc1ccc(C#N)cc1)C(=O)OCC(=O)Nc1cccc(S(C)(=O)=O)c1. The average Bonchev–Trinajstić information content (AvgIpc) is 2.66. The zero-order valence-corrected chi connectivity index (χ0v) is 16.0. The molecule has 2 aromatic carbocycles. The molecule has 0 unspecified atom stereocenters. The Balaban J connectivity index is 1.86. The minimum absolute atomic E-state index is 0.0618. The molecule has 28 heavy (non-hydrogen) atoms. The first kappa shape index (κ1) is 20.9. The zero-order valence-electron chi connectivity index (χ0n) is 15.2. The minimum atomic E-state index is -3.40. The Morgan fingerprint density at radius 2 is 1.86 bits per heavy atom. The van der Waals surface area contributed by atoms with Crippen molar-refractivity contribution in [1.29, 1.82) is 5.26 Å². The van der Waals surface area contributed by atoms with Crippen LogP contribution in [0.5, 0.6) is 5.75 Å². The number of sulfone groups is 1. The second-order valence-corrected chi connectivity index (χ2v) is 7.87. The quantitative estimate of drug-likeness (QED) is 0.702. The summed E-state index contributed by atoms with van der Waals surface area (Å²) in [6.45, 7) is 0.914. The molecule has 0 spiro atoms. The summed E-state index contributed by atoms with van der Waals surface area (Å²) in [4.78, 5) is 23.9. The molecule has 8 nitrogen and oxygen atoms in total. The van der Waals surface area contributed by atoms with Gasteiger partial charge in [0.1, 0.15) is 5.75 Å². The number of nitrogens with one attached hydrogen (secondary N) is 1. The number of carbonyl (C=O) groups excluding carboxylic acids is 2. The summed E-state index contributed by atoms with van der Waals surface area (Å²) < 4.78 is 33.4. The van der Waals surface area contributed by atoms with Gasteiger partial charge in [-0.05, 0) is 49.4 Å². The first-order valence-electron chi connectivity index (χ1n) is 8.12. The van der Waals surface area contributed by atoms with E-state index in [-0.39, 0.29) is 10.6 Å². The third-order valence-electron chi connectivity index (χ3n) is 3.52. The van der Waals surface area contributed by atoms with Gasteiger partial charge in [-0.15, -0.1) is 0 Å². The predicted molar refractivity (Wildman–Crippen MR) is 100 cm³/mol. The van der Waals surface area contributed by atoms with Gasteiger partial charge < -0.3 is 14.8 Å². The maximum absolute atomic E-state index is 12.0. The molecule has 0 aliphatic heterocycles. The number of amides is 1. The molecule has 9 heteroatoms. The van der Waals surface area contributed by atoms with E-state index in [1.54, 1.807) is 24.3 Å². The number of hydrogen-bond donors (Lipinski definition) is 1. The highest BCUT2D eigenvalue weighted by Gasteiger charge is 2.18. The minimum Gasteiger partial charge on any atom is -0.479 e. The van der Waals surface area contributed by atoms with Gasteiger partial charge in [-0.2, -0.15) is 5.26 Å². The van der Waals surface area contributed by atoms with Gasteiger partial charge in [-0.25, -0.2) is 13.2 Å². The summed E-state index contributed by atoms with van der Waals surface area (Å²) in [6, 6.07) is 13.9. The van der Waals surface area contributed by atoms with E-state index >= 15 is 0 Å². The molecule has 0 aliphatic rings. The molecule has 1 N–H and O–H groups in total. The van der Waals surface area contributed by atoms with Crippen LogP contribution in [0.25, 0.3) is 0 Å². The molecule has 0 bridgehead atoms. The highest BCUT2D eigenvalue weighted by molar-refractivity contribution is 7.90. The van der Waals surface area contributed by atoms with Crippen LogP contribution in [0.15, 0.2) is 53.4 Å². The van der Waals surface area contributed by atoms with E-state index in [0.29, 0.717) is 11.3 Å². The van der Waals surface area contributed by atoms with E-state index < -0.39 is 34.4 Å². The predicted octanol–water partition coefficient (Wildman–Crippen LogP) is 1.91. The summed E-state index contributed by atoms with van der Waals surface area (Å²) in [5, 5.41) is 11.2. The number of rotatable bonds is 7. The molecular weight excluding hydrogens is 384 g/mol. The standard InChI is InChI=1S/C19H18N2O6S/c1-13(27-16-8-6-14(11-20)7-9-16)19(23)26-12-18(22)21-15-4-3-5-17(10-15)28(2,24)25/h3-10,13H,12H2,1-2H3,(H,21,22)/t13-/m0/s1. The van der Waals surface area contributed by atoms with Gasteiger partial charge in [-0.3, -0.25) is 4.79 Å². The van der Waals surface area contributed by atoms with Gasteiger partial charge in [0, 0.05) is 11.9 Å². The van der Waals surface area contributed by atoms with Gasteiger partial charge >= 0.3 is 5.97 Å². The summed E-state index contributed by atoms with van der Waals surface area (Å²) in [7, 11) is -3.40. The lowest BCUT2D eigenvalue weighted by molar-refractivity contribution is -0.153. The number of nitrogens with zero attached hydrogens (tertiary/aromatic N) is 1. The molecule has 2 aromatic rings. The molecule has 1 atom stereocenters. The number of hydrogen-bond acceptors (Lipinski definition) is 7. The van der Waals surface area contributed by atoms with Crippen LogP contribution in [0.4, 0.5) is 5.69 Å². The third kappa shape index (κ3) is 6.10. The molecule has 0 aromatic heterocycles. The lowest BCUT2D eigenvalue weighted by atomic mass is 10.2. The number of esters is 1. The normalized spacial score (nSPS) is 11.8. The highest BCUT2D eigenvalue weighted by atomic mass is 32.2. The van der Waals surface area contributed by atoms with Gasteiger partial charge in [0.05, 0.1) is 16.5 Å². The fraction of sp³-hybridized carbons (Fsp3) is 0.211. The molecule has 0 fully saturated rings. The Hall–Kier alpha value is -3.38. The van der Waals surface area contributed by atoms with Crippen molar-refractivity contribution in [3.05, 3.63) is 54.1 Å². The van der Waals surface area contributed by atoms with E-state index in [4.69, 9.17) is 14.7 Å². The third-order valence-corrected chi connectivity index (χ3v) is 4.63. The topological polar surface area (TPSA) is 123 Å². The number of anilines is 1. The molecule has 0 aliphatic carbocycles. The maximum atomic E-state index is 12.0. The van der Waals surface area contributed by atoms with Crippen LogP contribution < -0.4 is 10.1 Å². The molecule has 1 amide bonds. The van der Waals surface area contributed by atoms with Gasteiger partial charge in [0.2, 0.25) is 0 Å². The molecule has 2 rings (SSSR count). The van der Waals surface area contributed by atoms with Crippen LogP contribution >= 0.6 is 0 Å². The monoisotopic (exact) mass is 402 g/mol. The Morgan fingerprint density at radius 3 is 2.46 bits per heavy atom. The Morgan fingerprint density at radius 1 is 1.18 bits per heavy atom. The van der Waals surface area contributed by atoms with Crippen LogP contribution in [0.1, 0.15) is 12.5 Å². The van der Waals surface area contributed by atoms with Gasteiger partial charge in [-0.1, -0.05) is 6.07 Å². The summed E-state index contributed by atoms with van der Waals surface area (Å²) in [5.74, 6) is -0.987. The summed E-state index contributed by atoms with van der Waals surface area (Å²) >= 11 is 0. The van der Waals surface area contributed by atoms with E-state index in [2.05, 4.69) is 5.32 Å². The first-order valence-corrected chi connectivity index (χ1v) is 10.0. The average molecular weight is 402 g/mol. The van der Waals surface area contributed by atoms with E-state index in [9.17, 15) is 18.0 Å².